The first-order valence-corrected chi connectivity index (χ1v) is 20.2. The van der Waals surface area contributed by atoms with Gasteiger partial charge in [-0.15, -0.1) is 0 Å². The van der Waals surface area contributed by atoms with Crippen LogP contribution in [0.3, 0.4) is 0 Å². The van der Waals surface area contributed by atoms with Gasteiger partial charge in [-0.05, 0) is 118 Å². The number of nitrogens with zero attached hydrogens (tertiary/aromatic N) is 2. The zero-order valence-electron chi connectivity index (χ0n) is 32.3. The minimum absolute atomic E-state index is 0.0897. The van der Waals surface area contributed by atoms with Gasteiger partial charge in [-0.25, -0.2) is 0 Å². The van der Waals surface area contributed by atoms with Crippen molar-refractivity contribution in [2.24, 2.45) is 0 Å². The number of fused-ring (bicyclic) bond motifs is 7. The van der Waals surface area contributed by atoms with Gasteiger partial charge < -0.3 is 9.47 Å². The SMILES string of the molecule is CC1(C)c2ccccc2-c2c(N(c3ccc(-c4ccc(-n5c6ccccc6c6ccccc65)cc4)cc3)c3ccc(-c4cccc5c4CCC=C5)cc3)cccc21. The molecule has 57 heavy (non-hydrogen) atoms. The summed E-state index contributed by atoms with van der Waals surface area (Å²) in [5.74, 6) is 0. The van der Waals surface area contributed by atoms with Crippen molar-refractivity contribution in [1.82, 2.24) is 4.57 Å². The zero-order valence-corrected chi connectivity index (χ0v) is 32.3. The lowest BCUT2D eigenvalue weighted by atomic mass is 9.82. The highest BCUT2D eigenvalue weighted by Gasteiger charge is 2.37. The van der Waals surface area contributed by atoms with E-state index in [-0.39, 0.29) is 5.41 Å². The predicted octanol–water partition coefficient (Wildman–Crippen LogP) is 14.9. The molecular formula is C55H42N2. The molecule has 0 radical (unpaired) electrons. The van der Waals surface area contributed by atoms with E-state index in [2.05, 4.69) is 217 Å². The van der Waals surface area contributed by atoms with Crippen LogP contribution in [0, 0.1) is 0 Å². The summed E-state index contributed by atoms with van der Waals surface area (Å²) in [5, 5.41) is 2.55. The van der Waals surface area contributed by atoms with Gasteiger partial charge in [0.1, 0.15) is 0 Å². The quantitative estimate of drug-likeness (QED) is 0.165. The van der Waals surface area contributed by atoms with E-state index >= 15 is 0 Å². The molecule has 1 aromatic heterocycles. The summed E-state index contributed by atoms with van der Waals surface area (Å²) < 4.78 is 2.38. The van der Waals surface area contributed by atoms with E-state index < -0.39 is 0 Å². The van der Waals surface area contributed by atoms with Gasteiger partial charge in [0, 0.05) is 38.8 Å². The van der Waals surface area contributed by atoms with E-state index in [4.69, 9.17) is 0 Å². The molecule has 1 heterocycles. The Hall–Kier alpha value is -6.90. The number of para-hydroxylation sites is 2. The highest BCUT2D eigenvalue weighted by molar-refractivity contribution is 6.09. The Kier molecular flexibility index (Phi) is 7.69. The summed E-state index contributed by atoms with van der Waals surface area (Å²) in [4.78, 5) is 2.46. The molecule has 0 saturated heterocycles. The Morgan fingerprint density at radius 1 is 0.491 bits per heavy atom. The maximum absolute atomic E-state index is 2.46. The molecule has 0 spiro atoms. The van der Waals surface area contributed by atoms with E-state index in [1.165, 1.54) is 83.1 Å². The molecule has 2 aliphatic rings. The first-order chi connectivity index (χ1) is 28.0. The summed E-state index contributed by atoms with van der Waals surface area (Å²) in [5.41, 5.74) is 20.1. The molecule has 9 aromatic rings. The molecule has 2 heteroatoms. The fourth-order valence-corrected chi connectivity index (χ4v) is 9.69. The zero-order chi connectivity index (χ0) is 38.1. The summed E-state index contributed by atoms with van der Waals surface area (Å²) >= 11 is 0. The van der Waals surface area contributed by atoms with Gasteiger partial charge in [0.25, 0.3) is 0 Å². The molecule has 2 nitrogen and oxygen atoms in total. The average Bonchev–Trinajstić information content (AvgIpc) is 3.73. The second-order valence-electron chi connectivity index (χ2n) is 16.0. The van der Waals surface area contributed by atoms with Crippen molar-refractivity contribution in [3.63, 3.8) is 0 Å². The Morgan fingerprint density at radius 3 is 1.75 bits per heavy atom. The van der Waals surface area contributed by atoms with E-state index in [9.17, 15) is 0 Å². The fraction of sp³-hybridized carbons (Fsp3) is 0.0909. The topological polar surface area (TPSA) is 8.17 Å². The van der Waals surface area contributed by atoms with E-state index in [1.54, 1.807) is 0 Å². The lowest BCUT2D eigenvalue weighted by molar-refractivity contribution is 0.660. The molecule has 0 aliphatic heterocycles. The Bertz CT molecular complexity index is 2960. The van der Waals surface area contributed by atoms with Gasteiger partial charge >= 0.3 is 0 Å². The van der Waals surface area contributed by atoms with Gasteiger partial charge in [-0.2, -0.15) is 0 Å². The number of anilines is 3. The normalized spacial score (nSPS) is 13.7. The number of rotatable bonds is 6. The average molecular weight is 731 g/mol. The maximum Gasteiger partial charge on any atom is 0.0543 e. The fourth-order valence-electron chi connectivity index (χ4n) is 9.69. The van der Waals surface area contributed by atoms with Gasteiger partial charge in [-0.3, -0.25) is 0 Å². The van der Waals surface area contributed by atoms with Crippen molar-refractivity contribution in [1.29, 1.82) is 0 Å². The molecule has 11 rings (SSSR count). The second-order valence-corrected chi connectivity index (χ2v) is 16.0. The lowest BCUT2D eigenvalue weighted by Gasteiger charge is -2.29. The van der Waals surface area contributed by atoms with E-state index in [0.29, 0.717) is 0 Å². The summed E-state index contributed by atoms with van der Waals surface area (Å²) in [6.45, 7) is 4.72. The molecular weight excluding hydrogens is 689 g/mol. The molecule has 0 N–H and O–H groups in total. The molecule has 0 atom stereocenters. The summed E-state index contributed by atoms with van der Waals surface area (Å²) in [6.07, 6.45) is 6.74. The third-order valence-electron chi connectivity index (χ3n) is 12.5. The van der Waals surface area contributed by atoms with Crippen LogP contribution in [-0.4, -0.2) is 4.57 Å². The predicted molar refractivity (Wildman–Crippen MR) is 241 cm³/mol. The summed E-state index contributed by atoms with van der Waals surface area (Å²) in [6, 6.07) is 67.3. The molecule has 0 fully saturated rings. The van der Waals surface area contributed by atoms with Crippen molar-refractivity contribution in [2.45, 2.75) is 32.1 Å². The van der Waals surface area contributed by atoms with Crippen molar-refractivity contribution < 1.29 is 0 Å². The molecule has 8 aromatic carbocycles. The number of allylic oxidation sites excluding steroid dienone is 1. The van der Waals surface area contributed by atoms with Crippen LogP contribution < -0.4 is 4.90 Å². The van der Waals surface area contributed by atoms with Crippen LogP contribution >= 0.6 is 0 Å². The van der Waals surface area contributed by atoms with Crippen LogP contribution in [0.15, 0.2) is 188 Å². The Balaban J connectivity index is 0.999. The monoisotopic (exact) mass is 730 g/mol. The summed E-state index contributed by atoms with van der Waals surface area (Å²) in [7, 11) is 0. The number of hydrogen-bond acceptors (Lipinski definition) is 1. The second kappa shape index (κ2) is 13.1. The molecule has 272 valence electrons. The Labute approximate surface area is 334 Å². The van der Waals surface area contributed by atoms with Gasteiger partial charge in [0.15, 0.2) is 0 Å². The van der Waals surface area contributed by atoms with Crippen LogP contribution in [0.5, 0.6) is 0 Å². The molecule has 0 saturated carbocycles. The number of benzene rings is 8. The minimum Gasteiger partial charge on any atom is -0.310 e. The van der Waals surface area contributed by atoms with Crippen LogP contribution in [0.2, 0.25) is 0 Å². The van der Waals surface area contributed by atoms with Crippen LogP contribution in [-0.2, 0) is 11.8 Å². The van der Waals surface area contributed by atoms with Gasteiger partial charge in [0.2, 0.25) is 0 Å². The standard InChI is InChI=1S/C55H42N2/c1-55(2)49-20-8-5-18-48(49)54-50(55)21-12-24-53(54)56(42-35-29-40(30-36-42)45-19-11-14-39-13-3-4-15-44(39)45)41-31-25-37(26-32-41)38-27-33-43(34-28-38)57-51-22-9-6-16-46(51)47-17-7-10-23-52(47)57/h3,5-14,16-36H,4,15H2,1-2H3. The minimum atomic E-state index is -0.0897. The number of aromatic nitrogens is 1. The molecule has 2 aliphatic carbocycles. The molecule has 0 bridgehead atoms. The van der Waals surface area contributed by atoms with Crippen molar-refractivity contribution >= 4 is 44.9 Å². The largest absolute Gasteiger partial charge is 0.310 e. The highest BCUT2D eigenvalue weighted by atomic mass is 15.1. The third kappa shape index (κ3) is 5.32. The maximum atomic E-state index is 2.46. The third-order valence-corrected chi connectivity index (χ3v) is 12.5. The Morgan fingerprint density at radius 2 is 1.05 bits per heavy atom. The van der Waals surface area contributed by atoms with Crippen molar-refractivity contribution in [2.75, 3.05) is 4.90 Å². The van der Waals surface area contributed by atoms with Gasteiger partial charge in [-0.1, -0.05) is 153 Å². The lowest BCUT2D eigenvalue weighted by Crippen LogP contribution is -2.16. The van der Waals surface area contributed by atoms with E-state index in [0.717, 1.165) is 29.9 Å². The smallest absolute Gasteiger partial charge is 0.0543 e. The van der Waals surface area contributed by atoms with Gasteiger partial charge in [0.05, 0.1) is 16.7 Å². The van der Waals surface area contributed by atoms with Crippen LogP contribution in [0.25, 0.3) is 66.9 Å². The van der Waals surface area contributed by atoms with Crippen LogP contribution in [0.1, 0.15) is 42.5 Å². The van der Waals surface area contributed by atoms with Crippen LogP contribution in [0.4, 0.5) is 17.1 Å². The number of hydrogen-bond donors (Lipinski definition) is 0. The van der Waals surface area contributed by atoms with E-state index in [1.807, 2.05) is 0 Å². The molecule has 0 unspecified atom stereocenters. The van der Waals surface area contributed by atoms with Crippen molar-refractivity contribution in [3.05, 3.63) is 210 Å². The first kappa shape index (κ1) is 33.4. The first-order valence-electron chi connectivity index (χ1n) is 20.2. The van der Waals surface area contributed by atoms with Crippen molar-refractivity contribution in [3.8, 4) is 39.1 Å². The highest BCUT2D eigenvalue weighted by Crippen LogP contribution is 2.54. The molecule has 0 amide bonds.